The van der Waals surface area contributed by atoms with Gasteiger partial charge in [-0.1, -0.05) is 19.8 Å². The van der Waals surface area contributed by atoms with E-state index in [4.69, 9.17) is 0 Å². The summed E-state index contributed by atoms with van der Waals surface area (Å²) >= 11 is 0. The summed E-state index contributed by atoms with van der Waals surface area (Å²) in [5.74, 6) is 2.03. The van der Waals surface area contributed by atoms with Gasteiger partial charge in [0.05, 0.1) is 0 Å². The molecule has 2 fully saturated rings. The van der Waals surface area contributed by atoms with Crippen LogP contribution >= 0.6 is 0 Å². The van der Waals surface area contributed by atoms with Gasteiger partial charge in [-0.2, -0.15) is 0 Å². The SMILES string of the molecule is CC1CCC(C2CCCN2C)CC1. The molecular weight excluding hydrogens is 158 g/mol. The standard InChI is InChI=1S/C12H23N/c1-10-5-7-11(8-6-10)12-4-3-9-13(12)2/h10-12H,3-9H2,1-2H3. The van der Waals surface area contributed by atoms with Gasteiger partial charge in [0.2, 0.25) is 0 Å². The molecule has 1 saturated heterocycles. The summed E-state index contributed by atoms with van der Waals surface area (Å²) in [6.07, 6.45) is 8.86. The molecule has 1 nitrogen and oxygen atoms in total. The van der Waals surface area contributed by atoms with Crippen molar-refractivity contribution in [1.29, 1.82) is 0 Å². The third-order valence-electron chi connectivity index (χ3n) is 4.18. The molecule has 1 saturated carbocycles. The fraction of sp³-hybridized carbons (Fsp3) is 1.00. The van der Waals surface area contributed by atoms with E-state index in [1.807, 2.05) is 0 Å². The largest absolute Gasteiger partial charge is 0.303 e. The predicted octanol–water partition coefficient (Wildman–Crippen LogP) is 2.91. The fourth-order valence-corrected chi connectivity index (χ4v) is 3.20. The minimum Gasteiger partial charge on any atom is -0.303 e. The molecule has 0 N–H and O–H groups in total. The zero-order chi connectivity index (χ0) is 9.26. The molecule has 2 rings (SSSR count). The van der Waals surface area contributed by atoms with Crippen molar-refractivity contribution in [3.63, 3.8) is 0 Å². The van der Waals surface area contributed by atoms with E-state index in [9.17, 15) is 0 Å². The number of hydrogen-bond donors (Lipinski definition) is 0. The van der Waals surface area contributed by atoms with E-state index in [0.29, 0.717) is 0 Å². The van der Waals surface area contributed by atoms with Gasteiger partial charge >= 0.3 is 0 Å². The molecule has 1 aliphatic heterocycles. The lowest BCUT2D eigenvalue weighted by molar-refractivity contribution is 0.166. The first-order chi connectivity index (χ1) is 6.27. The van der Waals surface area contributed by atoms with Gasteiger partial charge in [-0.3, -0.25) is 0 Å². The number of hydrogen-bond acceptors (Lipinski definition) is 1. The number of nitrogens with zero attached hydrogens (tertiary/aromatic N) is 1. The fourth-order valence-electron chi connectivity index (χ4n) is 3.20. The van der Waals surface area contributed by atoms with Gasteiger partial charge < -0.3 is 4.90 Å². The Bertz CT molecular complexity index is 159. The quantitative estimate of drug-likeness (QED) is 0.601. The van der Waals surface area contributed by atoms with E-state index in [-0.39, 0.29) is 0 Å². The van der Waals surface area contributed by atoms with Crippen LogP contribution in [0.4, 0.5) is 0 Å². The average Bonchev–Trinajstić information content (AvgIpc) is 2.53. The summed E-state index contributed by atoms with van der Waals surface area (Å²) in [7, 11) is 2.32. The molecule has 0 spiro atoms. The first-order valence-electron chi connectivity index (χ1n) is 5.97. The van der Waals surface area contributed by atoms with Crippen molar-refractivity contribution in [2.75, 3.05) is 13.6 Å². The van der Waals surface area contributed by atoms with Crippen LogP contribution in [0.1, 0.15) is 45.4 Å². The Hall–Kier alpha value is -0.0400. The first-order valence-corrected chi connectivity index (χ1v) is 5.97. The van der Waals surface area contributed by atoms with E-state index < -0.39 is 0 Å². The highest BCUT2D eigenvalue weighted by molar-refractivity contribution is 4.85. The zero-order valence-corrected chi connectivity index (χ0v) is 9.13. The summed E-state index contributed by atoms with van der Waals surface area (Å²) in [6, 6.07) is 0.937. The highest BCUT2D eigenvalue weighted by Gasteiger charge is 2.31. The van der Waals surface area contributed by atoms with E-state index in [2.05, 4.69) is 18.9 Å². The Morgan fingerprint density at radius 1 is 1.00 bits per heavy atom. The van der Waals surface area contributed by atoms with Crippen molar-refractivity contribution in [1.82, 2.24) is 4.90 Å². The van der Waals surface area contributed by atoms with Crippen LogP contribution in [-0.4, -0.2) is 24.5 Å². The van der Waals surface area contributed by atoms with Crippen LogP contribution in [0.25, 0.3) is 0 Å². The Morgan fingerprint density at radius 3 is 2.23 bits per heavy atom. The molecule has 76 valence electrons. The summed E-state index contributed by atoms with van der Waals surface area (Å²) in [5, 5.41) is 0. The normalized spacial score (nSPS) is 42.5. The lowest BCUT2D eigenvalue weighted by Crippen LogP contribution is -2.34. The topological polar surface area (TPSA) is 3.24 Å². The Morgan fingerprint density at radius 2 is 1.69 bits per heavy atom. The monoisotopic (exact) mass is 181 g/mol. The molecule has 0 amide bonds. The van der Waals surface area contributed by atoms with Crippen molar-refractivity contribution in [2.24, 2.45) is 11.8 Å². The Kier molecular flexibility index (Phi) is 2.92. The van der Waals surface area contributed by atoms with Gasteiger partial charge in [0.1, 0.15) is 0 Å². The summed E-state index contributed by atoms with van der Waals surface area (Å²) in [6.45, 7) is 3.76. The highest BCUT2D eigenvalue weighted by Crippen LogP contribution is 2.35. The van der Waals surface area contributed by atoms with Crippen molar-refractivity contribution in [3.8, 4) is 0 Å². The second kappa shape index (κ2) is 4.00. The van der Waals surface area contributed by atoms with Crippen molar-refractivity contribution < 1.29 is 0 Å². The van der Waals surface area contributed by atoms with Crippen LogP contribution in [0.15, 0.2) is 0 Å². The minimum absolute atomic E-state index is 0.937. The molecule has 1 aliphatic carbocycles. The third kappa shape index (κ3) is 2.07. The van der Waals surface area contributed by atoms with Crippen LogP contribution in [0.5, 0.6) is 0 Å². The average molecular weight is 181 g/mol. The lowest BCUT2D eigenvalue weighted by atomic mass is 9.78. The first kappa shape index (κ1) is 9.51. The van der Waals surface area contributed by atoms with E-state index >= 15 is 0 Å². The van der Waals surface area contributed by atoms with Crippen molar-refractivity contribution >= 4 is 0 Å². The molecule has 0 aromatic carbocycles. The smallest absolute Gasteiger partial charge is 0.0121 e. The molecule has 13 heavy (non-hydrogen) atoms. The Balaban J connectivity index is 1.86. The molecule has 1 unspecified atom stereocenters. The predicted molar refractivity (Wildman–Crippen MR) is 56.8 cm³/mol. The molecule has 0 radical (unpaired) electrons. The molecule has 1 heterocycles. The van der Waals surface area contributed by atoms with Crippen molar-refractivity contribution in [2.45, 2.75) is 51.5 Å². The summed E-state index contributed by atoms with van der Waals surface area (Å²) in [5.41, 5.74) is 0. The molecule has 0 aromatic rings. The van der Waals surface area contributed by atoms with Gasteiger partial charge in [0, 0.05) is 6.04 Å². The summed E-state index contributed by atoms with van der Waals surface area (Å²) in [4.78, 5) is 2.60. The maximum absolute atomic E-state index is 2.60. The van der Waals surface area contributed by atoms with E-state index in [0.717, 1.165) is 17.9 Å². The summed E-state index contributed by atoms with van der Waals surface area (Å²) < 4.78 is 0. The number of rotatable bonds is 1. The maximum atomic E-state index is 2.60. The molecule has 2 aliphatic rings. The second-order valence-corrected chi connectivity index (χ2v) is 5.21. The van der Waals surface area contributed by atoms with E-state index in [1.165, 1.54) is 45.1 Å². The third-order valence-corrected chi connectivity index (χ3v) is 4.18. The van der Waals surface area contributed by atoms with Gasteiger partial charge in [-0.25, -0.2) is 0 Å². The molecule has 0 aromatic heterocycles. The zero-order valence-electron chi connectivity index (χ0n) is 9.13. The molecule has 1 atom stereocenters. The van der Waals surface area contributed by atoms with Crippen LogP contribution in [0.3, 0.4) is 0 Å². The highest BCUT2D eigenvalue weighted by atomic mass is 15.1. The molecule has 0 bridgehead atoms. The Labute approximate surface area is 82.5 Å². The maximum Gasteiger partial charge on any atom is 0.0121 e. The van der Waals surface area contributed by atoms with Crippen LogP contribution < -0.4 is 0 Å². The van der Waals surface area contributed by atoms with Gasteiger partial charge in [-0.15, -0.1) is 0 Å². The molecule has 1 heteroatoms. The molecular formula is C12H23N. The van der Waals surface area contributed by atoms with Gasteiger partial charge in [-0.05, 0) is 51.1 Å². The second-order valence-electron chi connectivity index (χ2n) is 5.21. The van der Waals surface area contributed by atoms with Gasteiger partial charge in [0.25, 0.3) is 0 Å². The van der Waals surface area contributed by atoms with Crippen LogP contribution in [0, 0.1) is 11.8 Å². The lowest BCUT2D eigenvalue weighted by Gasteiger charge is -2.34. The van der Waals surface area contributed by atoms with Crippen LogP contribution in [-0.2, 0) is 0 Å². The van der Waals surface area contributed by atoms with E-state index in [1.54, 1.807) is 0 Å². The van der Waals surface area contributed by atoms with Crippen LogP contribution in [0.2, 0.25) is 0 Å². The minimum atomic E-state index is 0.937. The number of likely N-dealkylation sites (tertiary alicyclic amines) is 1. The van der Waals surface area contributed by atoms with Crippen molar-refractivity contribution in [3.05, 3.63) is 0 Å². The van der Waals surface area contributed by atoms with Gasteiger partial charge in [0.15, 0.2) is 0 Å².